The van der Waals surface area contributed by atoms with Crippen LogP contribution in [0, 0.1) is 22.5 Å². The first-order valence-electron chi connectivity index (χ1n) is 8.84. The van der Waals surface area contributed by atoms with Crippen molar-refractivity contribution in [3.05, 3.63) is 45.8 Å². The highest BCUT2D eigenvalue weighted by Crippen LogP contribution is 2.35. The van der Waals surface area contributed by atoms with Crippen molar-refractivity contribution < 1.29 is 9.72 Å². The van der Waals surface area contributed by atoms with E-state index < -0.39 is 4.92 Å². The maximum Gasteiger partial charge on any atom is 0.353 e. The van der Waals surface area contributed by atoms with Gasteiger partial charge >= 0.3 is 5.69 Å². The molecule has 0 atom stereocenters. The van der Waals surface area contributed by atoms with Crippen molar-refractivity contribution in [1.29, 1.82) is 0 Å². The Morgan fingerprint density at radius 1 is 1.29 bits per heavy atom. The van der Waals surface area contributed by atoms with Gasteiger partial charge in [-0.15, -0.1) is 0 Å². The number of anilines is 3. The fourth-order valence-corrected chi connectivity index (χ4v) is 2.86. The van der Waals surface area contributed by atoms with Gasteiger partial charge in [-0.3, -0.25) is 14.9 Å². The number of aryl methyl sites for hydroxylation is 1. The van der Waals surface area contributed by atoms with E-state index in [1.54, 1.807) is 37.2 Å². The average Bonchev–Trinajstić information content (AvgIpc) is 2.61. The number of aromatic nitrogens is 2. The molecule has 9 heteroatoms. The number of hydrogen-bond acceptors (Lipinski definition) is 7. The highest BCUT2D eigenvalue weighted by molar-refractivity contribution is 5.95. The van der Waals surface area contributed by atoms with Crippen LogP contribution in [0.15, 0.2) is 24.5 Å². The zero-order valence-electron chi connectivity index (χ0n) is 17.0. The van der Waals surface area contributed by atoms with E-state index in [4.69, 9.17) is 0 Å². The molecule has 0 saturated heterocycles. The summed E-state index contributed by atoms with van der Waals surface area (Å²) in [4.78, 5) is 33.2. The van der Waals surface area contributed by atoms with Crippen LogP contribution in [0.4, 0.5) is 23.0 Å². The predicted octanol–water partition coefficient (Wildman–Crippen LogP) is 3.28. The van der Waals surface area contributed by atoms with Gasteiger partial charge in [0.2, 0.25) is 11.6 Å². The monoisotopic (exact) mass is 386 g/mol. The molecule has 0 spiro atoms. The predicted molar refractivity (Wildman–Crippen MR) is 109 cm³/mol. The molecule has 150 valence electrons. The SMILES string of the molecule is CNC(=O)c1ccc(C)c(Nc2ncnc(N(C)CC(C)(C)C)c2[N+](=O)[O-])c1. The second-order valence-corrected chi connectivity index (χ2v) is 7.80. The lowest BCUT2D eigenvalue weighted by molar-refractivity contribution is -0.383. The van der Waals surface area contributed by atoms with Crippen LogP contribution in [0.25, 0.3) is 0 Å². The molecule has 1 amide bonds. The van der Waals surface area contributed by atoms with E-state index in [0.29, 0.717) is 17.8 Å². The Morgan fingerprint density at radius 3 is 2.54 bits per heavy atom. The van der Waals surface area contributed by atoms with Gasteiger partial charge in [0.05, 0.1) is 4.92 Å². The Kier molecular flexibility index (Phi) is 6.17. The number of amides is 1. The van der Waals surface area contributed by atoms with Crippen LogP contribution in [0.1, 0.15) is 36.7 Å². The zero-order chi connectivity index (χ0) is 21.1. The summed E-state index contributed by atoms with van der Waals surface area (Å²) in [5.74, 6) is 0.0660. The molecule has 0 aliphatic heterocycles. The van der Waals surface area contributed by atoms with Gasteiger partial charge in [0.25, 0.3) is 5.91 Å². The largest absolute Gasteiger partial charge is 0.355 e. The van der Waals surface area contributed by atoms with Crippen LogP contribution in [-0.4, -0.2) is 41.4 Å². The van der Waals surface area contributed by atoms with E-state index in [1.165, 1.54) is 6.33 Å². The van der Waals surface area contributed by atoms with E-state index in [9.17, 15) is 14.9 Å². The lowest BCUT2D eigenvalue weighted by Gasteiger charge is -2.27. The second kappa shape index (κ2) is 8.20. The van der Waals surface area contributed by atoms with E-state index in [0.717, 1.165) is 5.56 Å². The summed E-state index contributed by atoms with van der Waals surface area (Å²) in [5.41, 5.74) is 1.55. The summed E-state index contributed by atoms with van der Waals surface area (Å²) in [6, 6.07) is 5.10. The first kappa shape index (κ1) is 21.1. The molecular weight excluding hydrogens is 360 g/mol. The van der Waals surface area contributed by atoms with Gasteiger partial charge in [0, 0.05) is 31.9 Å². The Labute approximate surface area is 164 Å². The van der Waals surface area contributed by atoms with Gasteiger partial charge < -0.3 is 15.5 Å². The molecule has 28 heavy (non-hydrogen) atoms. The number of hydrogen-bond donors (Lipinski definition) is 2. The number of benzene rings is 1. The molecule has 1 aromatic carbocycles. The molecule has 0 aliphatic rings. The quantitative estimate of drug-likeness (QED) is 0.578. The summed E-state index contributed by atoms with van der Waals surface area (Å²) in [6.45, 7) is 8.56. The van der Waals surface area contributed by atoms with Crippen LogP contribution in [0.5, 0.6) is 0 Å². The summed E-state index contributed by atoms with van der Waals surface area (Å²) in [7, 11) is 3.31. The summed E-state index contributed by atoms with van der Waals surface area (Å²) >= 11 is 0. The van der Waals surface area contributed by atoms with Crippen LogP contribution in [0.2, 0.25) is 0 Å². The van der Waals surface area contributed by atoms with Crippen LogP contribution in [-0.2, 0) is 0 Å². The minimum absolute atomic E-state index is 0.0698. The minimum Gasteiger partial charge on any atom is -0.355 e. The standard InChI is InChI=1S/C19H26N6O3/c1-12-7-8-13(18(26)20-5)9-14(12)23-16-15(25(27)28)17(22-11-21-16)24(6)10-19(2,3)4/h7-9,11H,10H2,1-6H3,(H,20,26)(H,21,22,23). The van der Waals surface area contributed by atoms with Crippen LogP contribution >= 0.6 is 0 Å². The topological polar surface area (TPSA) is 113 Å². The minimum atomic E-state index is -0.491. The fourth-order valence-electron chi connectivity index (χ4n) is 2.86. The van der Waals surface area contributed by atoms with Crippen molar-refractivity contribution in [1.82, 2.24) is 15.3 Å². The van der Waals surface area contributed by atoms with Crippen molar-refractivity contribution in [2.75, 3.05) is 30.9 Å². The molecule has 2 aromatic rings. The average molecular weight is 386 g/mol. The molecule has 0 aliphatic carbocycles. The molecule has 1 heterocycles. The van der Waals surface area contributed by atoms with Crippen LogP contribution in [0.3, 0.4) is 0 Å². The van der Waals surface area contributed by atoms with E-state index in [-0.39, 0.29) is 28.6 Å². The summed E-state index contributed by atoms with van der Waals surface area (Å²) in [6.07, 6.45) is 1.29. The lowest BCUT2D eigenvalue weighted by Crippen LogP contribution is -2.30. The highest BCUT2D eigenvalue weighted by atomic mass is 16.6. The second-order valence-electron chi connectivity index (χ2n) is 7.80. The maximum atomic E-state index is 11.9. The third kappa shape index (κ3) is 4.93. The fraction of sp³-hybridized carbons (Fsp3) is 0.421. The number of nitrogens with one attached hydrogen (secondary N) is 2. The van der Waals surface area contributed by atoms with Gasteiger partial charge in [-0.2, -0.15) is 0 Å². The third-order valence-electron chi connectivity index (χ3n) is 4.04. The molecule has 0 radical (unpaired) electrons. The van der Waals surface area contributed by atoms with Crippen molar-refractivity contribution >= 4 is 28.9 Å². The van der Waals surface area contributed by atoms with Crippen molar-refractivity contribution in [3.63, 3.8) is 0 Å². The smallest absolute Gasteiger partial charge is 0.353 e. The molecule has 0 fully saturated rings. The normalized spacial score (nSPS) is 11.1. The van der Waals surface area contributed by atoms with E-state index in [2.05, 4.69) is 20.6 Å². The van der Waals surface area contributed by atoms with Crippen molar-refractivity contribution in [3.8, 4) is 0 Å². The van der Waals surface area contributed by atoms with Crippen molar-refractivity contribution in [2.24, 2.45) is 5.41 Å². The molecule has 1 aromatic heterocycles. The van der Waals surface area contributed by atoms with Crippen molar-refractivity contribution in [2.45, 2.75) is 27.7 Å². The first-order valence-corrected chi connectivity index (χ1v) is 8.84. The summed E-state index contributed by atoms with van der Waals surface area (Å²) in [5, 5.41) is 17.4. The van der Waals surface area contributed by atoms with Gasteiger partial charge in [0.1, 0.15) is 6.33 Å². The molecule has 9 nitrogen and oxygen atoms in total. The van der Waals surface area contributed by atoms with Gasteiger partial charge in [-0.05, 0) is 30.0 Å². The van der Waals surface area contributed by atoms with E-state index in [1.807, 2.05) is 27.7 Å². The number of nitrogens with zero attached hydrogens (tertiary/aromatic N) is 4. The van der Waals surface area contributed by atoms with E-state index >= 15 is 0 Å². The number of rotatable bonds is 6. The number of carbonyl (C=O) groups is 1. The zero-order valence-corrected chi connectivity index (χ0v) is 17.0. The van der Waals surface area contributed by atoms with Gasteiger partial charge in [0.15, 0.2) is 0 Å². The van der Waals surface area contributed by atoms with Crippen LogP contribution < -0.4 is 15.5 Å². The lowest BCUT2D eigenvalue weighted by atomic mass is 9.96. The third-order valence-corrected chi connectivity index (χ3v) is 4.04. The first-order chi connectivity index (χ1) is 13.0. The van der Waals surface area contributed by atoms with Gasteiger partial charge in [-0.25, -0.2) is 9.97 Å². The Morgan fingerprint density at radius 2 is 1.96 bits per heavy atom. The maximum absolute atomic E-state index is 11.9. The Hall–Kier alpha value is -3.23. The number of nitro groups is 1. The highest BCUT2D eigenvalue weighted by Gasteiger charge is 2.28. The molecule has 2 rings (SSSR count). The summed E-state index contributed by atoms with van der Waals surface area (Å²) < 4.78 is 0. The number of carbonyl (C=O) groups excluding carboxylic acids is 1. The Balaban J connectivity index is 2.48. The molecule has 2 N–H and O–H groups in total. The molecule has 0 bridgehead atoms. The molecule has 0 saturated carbocycles. The Bertz CT molecular complexity index is 892. The molecular formula is C19H26N6O3. The van der Waals surface area contributed by atoms with Gasteiger partial charge in [-0.1, -0.05) is 26.8 Å². The molecule has 0 unspecified atom stereocenters.